The van der Waals surface area contributed by atoms with Gasteiger partial charge in [0.25, 0.3) is 0 Å². The summed E-state index contributed by atoms with van der Waals surface area (Å²) in [5.74, 6) is -1.16. The zero-order valence-corrected chi connectivity index (χ0v) is 18.0. The van der Waals surface area contributed by atoms with Crippen LogP contribution in [0.3, 0.4) is 0 Å². The van der Waals surface area contributed by atoms with Crippen molar-refractivity contribution < 1.29 is 18.8 Å². The van der Waals surface area contributed by atoms with E-state index < -0.39 is 28.8 Å². The van der Waals surface area contributed by atoms with Crippen molar-refractivity contribution in [1.82, 2.24) is 4.90 Å². The van der Waals surface area contributed by atoms with Crippen LogP contribution in [0, 0.1) is 22.2 Å². The predicted octanol–water partition coefficient (Wildman–Crippen LogP) is 4.07. The molecule has 0 unspecified atom stereocenters. The fourth-order valence-electron chi connectivity index (χ4n) is 5.45. The summed E-state index contributed by atoms with van der Waals surface area (Å²) in [4.78, 5) is 43.6. The number of fused-ring (bicyclic) bond motifs is 3. The summed E-state index contributed by atoms with van der Waals surface area (Å²) in [6.45, 7) is 5.45. The third-order valence-electron chi connectivity index (χ3n) is 6.82. The molecule has 1 spiro atoms. The van der Waals surface area contributed by atoms with Crippen molar-refractivity contribution in [2.75, 3.05) is 0 Å². The summed E-state index contributed by atoms with van der Waals surface area (Å²) in [6.07, 6.45) is 6.43. The van der Waals surface area contributed by atoms with Crippen molar-refractivity contribution in [3.8, 4) is 6.07 Å². The Morgan fingerprint density at radius 1 is 1.09 bits per heavy atom. The molecule has 2 aromatic rings. The van der Waals surface area contributed by atoms with Crippen LogP contribution in [0.5, 0.6) is 0 Å². The summed E-state index contributed by atoms with van der Waals surface area (Å²) in [6, 6.07) is 10.8. The lowest BCUT2D eigenvalue weighted by Gasteiger charge is -2.34. The average molecular weight is 426 g/mol. The minimum Gasteiger partial charge on any atom is -0.469 e. The molecule has 3 atom stereocenters. The minimum absolute atomic E-state index is 0.124. The number of carbonyl (C=O) groups excluding carboxylic acids is 3. The maximum atomic E-state index is 14.0. The first-order valence-corrected chi connectivity index (χ1v) is 10.6. The molecule has 6 nitrogen and oxygen atoms in total. The van der Waals surface area contributed by atoms with E-state index in [1.165, 1.54) is 6.26 Å². The van der Waals surface area contributed by atoms with Gasteiger partial charge in [-0.1, -0.05) is 51.1 Å². The number of nitriles is 1. The van der Waals surface area contributed by atoms with Gasteiger partial charge in [-0.3, -0.25) is 14.4 Å². The number of furan rings is 1. The molecule has 32 heavy (non-hydrogen) atoms. The van der Waals surface area contributed by atoms with Gasteiger partial charge < -0.3 is 9.32 Å². The zero-order chi connectivity index (χ0) is 22.8. The van der Waals surface area contributed by atoms with E-state index in [4.69, 9.17) is 4.42 Å². The van der Waals surface area contributed by atoms with E-state index in [1.54, 1.807) is 59.7 Å². The molecule has 0 N–H and O–H groups in total. The van der Waals surface area contributed by atoms with Crippen LogP contribution in [0.2, 0.25) is 0 Å². The Morgan fingerprint density at radius 3 is 2.28 bits per heavy atom. The molecule has 3 aliphatic rings. The van der Waals surface area contributed by atoms with Gasteiger partial charge in [0.05, 0.1) is 29.8 Å². The Morgan fingerprint density at radius 2 is 1.75 bits per heavy atom. The van der Waals surface area contributed by atoms with Gasteiger partial charge >= 0.3 is 0 Å². The van der Waals surface area contributed by atoms with Crippen LogP contribution in [0.1, 0.15) is 53.2 Å². The van der Waals surface area contributed by atoms with Gasteiger partial charge in [0.1, 0.15) is 17.2 Å². The molecule has 1 aromatic carbocycles. The molecular formula is C26H22N2O4. The molecule has 160 valence electrons. The molecule has 0 radical (unpaired) electrons. The van der Waals surface area contributed by atoms with Crippen LogP contribution in [0.4, 0.5) is 0 Å². The lowest BCUT2D eigenvalue weighted by atomic mass is 9.65. The van der Waals surface area contributed by atoms with Crippen molar-refractivity contribution in [3.05, 3.63) is 83.5 Å². The maximum Gasteiger partial charge on any atom is 0.180 e. The third kappa shape index (κ3) is 2.42. The molecule has 1 saturated heterocycles. The van der Waals surface area contributed by atoms with Gasteiger partial charge in [-0.15, -0.1) is 0 Å². The fraction of sp³-hybridized carbons (Fsp3) is 0.308. The smallest absolute Gasteiger partial charge is 0.180 e. The standard InChI is InChI=1S/C26H22N2O4/c1-25(2,3)24(31)21-20(18-9-6-12-32-18)26(19-11-10-15(13-27)14-28(19)21)22(29)16-7-4-5-8-17(16)23(26)30/h4-12,14,19-21H,1-3H3/t19-,20+,21+/m0/s1. The van der Waals surface area contributed by atoms with E-state index in [2.05, 4.69) is 6.07 Å². The van der Waals surface area contributed by atoms with Crippen LogP contribution in [-0.4, -0.2) is 34.3 Å². The number of rotatable bonds is 2. The highest BCUT2D eigenvalue weighted by Gasteiger charge is 2.72. The van der Waals surface area contributed by atoms with Gasteiger partial charge in [-0.05, 0) is 18.2 Å². The van der Waals surface area contributed by atoms with Crippen LogP contribution in [0.25, 0.3) is 0 Å². The Hall–Kier alpha value is -3.72. The molecule has 6 heteroatoms. The molecule has 0 bridgehead atoms. The summed E-state index contributed by atoms with van der Waals surface area (Å²) in [7, 11) is 0. The van der Waals surface area contributed by atoms with Crippen molar-refractivity contribution in [2.45, 2.75) is 38.8 Å². The highest BCUT2D eigenvalue weighted by Crippen LogP contribution is 2.59. The number of carbonyl (C=O) groups is 3. The first kappa shape index (κ1) is 20.2. The Bertz CT molecular complexity index is 1220. The van der Waals surface area contributed by atoms with Crippen molar-refractivity contribution in [2.24, 2.45) is 10.8 Å². The van der Waals surface area contributed by atoms with E-state index in [0.717, 1.165) is 0 Å². The third-order valence-corrected chi connectivity index (χ3v) is 6.82. The van der Waals surface area contributed by atoms with Crippen molar-refractivity contribution in [1.29, 1.82) is 5.26 Å². The first-order valence-electron chi connectivity index (χ1n) is 10.6. The lowest BCUT2D eigenvalue weighted by Crippen LogP contribution is -2.47. The quantitative estimate of drug-likeness (QED) is 0.672. The Labute approximate surface area is 185 Å². The first-order chi connectivity index (χ1) is 15.2. The molecule has 1 aliphatic carbocycles. The SMILES string of the molecule is CC(C)(C)C(=O)[C@H]1[C@@H](c2ccco2)C2(C(=O)c3ccccc3C2=O)[C@@H]2C=CC(C#N)=CN21. The second-order valence-corrected chi connectivity index (χ2v) is 9.57. The summed E-state index contributed by atoms with van der Waals surface area (Å²) < 4.78 is 5.76. The van der Waals surface area contributed by atoms with E-state index in [-0.39, 0.29) is 17.3 Å². The fourth-order valence-corrected chi connectivity index (χ4v) is 5.45. The normalized spacial score (nSPS) is 25.5. The van der Waals surface area contributed by atoms with Crippen molar-refractivity contribution >= 4 is 17.3 Å². The minimum atomic E-state index is -1.55. The lowest BCUT2D eigenvalue weighted by molar-refractivity contribution is -0.130. The second-order valence-electron chi connectivity index (χ2n) is 9.57. The number of benzene rings is 1. The van der Waals surface area contributed by atoms with Gasteiger partial charge in [0.2, 0.25) is 0 Å². The van der Waals surface area contributed by atoms with Gasteiger partial charge in [-0.2, -0.15) is 5.26 Å². The number of hydrogen-bond donors (Lipinski definition) is 0. The van der Waals surface area contributed by atoms with Gasteiger partial charge in [0.15, 0.2) is 17.3 Å². The summed E-state index contributed by atoms with van der Waals surface area (Å²) in [5.41, 5.74) is -1.22. The molecular weight excluding hydrogens is 404 g/mol. The molecule has 5 rings (SSSR count). The zero-order valence-electron chi connectivity index (χ0n) is 18.0. The van der Waals surface area contributed by atoms with E-state index >= 15 is 0 Å². The van der Waals surface area contributed by atoms with Crippen LogP contribution < -0.4 is 0 Å². The van der Waals surface area contributed by atoms with Crippen molar-refractivity contribution in [3.63, 3.8) is 0 Å². The second kappa shape index (κ2) is 6.64. The van der Waals surface area contributed by atoms with Crippen LogP contribution in [0.15, 0.2) is 71.0 Å². The van der Waals surface area contributed by atoms with Crippen LogP contribution >= 0.6 is 0 Å². The van der Waals surface area contributed by atoms with Gasteiger partial charge in [0, 0.05) is 22.7 Å². The van der Waals surface area contributed by atoms with E-state index in [9.17, 15) is 19.6 Å². The summed E-state index contributed by atoms with van der Waals surface area (Å²) >= 11 is 0. The highest BCUT2D eigenvalue weighted by molar-refractivity contribution is 6.31. The number of allylic oxidation sites excluding steroid dienone is 2. The molecule has 2 aliphatic heterocycles. The van der Waals surface area contributed by atoms with Gasteiger partial charge in [-0.25, -0.2) is 0 Å². The largest absolute Gasteiger partial charge is 0.469 e. The highest BCUT2D eigenvalue weighted by atomic mass is 16.3. The molecule has 1 fully saturated rings. The number of Topliss-reactive ketones (excluding diaryl/α,β-unsaturated/α-hetero) is 3. The van der Waals surface area contributed by atoms with E-state index in [0.29, 0.717) is 22.5 Å². The number of hydrogen-bond acceptors (Lipinski definition) is 6. The Balaban J connectivity index is 1.83. The molecule has 1 aromatic heterocycles. The monoisotopic (exact) mass is 426 g/mol. The average Bonchev–Trinajstić information content (AvgIpc) is 3.45. The topological polar surface area (TPSA) is 91.4 Å². The van der Waals surface area contributed by atoms with Crippen LogP contribution in [-0.2, 0) is 4.79 Å². The molecule has 0 amide bonds. The summed E-state index contributed by atoms with van der Waals surface area (Å²) in [5, 5.41) is 9.51. The maximum absolute atomic E-state index is 14.0. The molecule has 0 saturated carbocycles. The predicted molar refractivity (Wildman–Crippen MR) is 116 cm³/mol. The van der Waals surface area contributed by atoms with E-state index in [1.807, 2.05) is 20.8 Å². The number of nitrogens with zero attached hydrogens (tertiary/aromatic N) is 2. The number of ketones is 3. The molecule has 3 heterocycles. The Kier molecular flexibility index (Phi) is 4.19.